The topological polar surface area (TPSA) is 52.6 Å². The first-order chi connectivity index (χ1) is 35.5. The van der Waals surface area contributed by atoms with Crippen molar-refractivity contribution >= 4 is 103 Å². The Labute approximate surface area is 417 Å². The molecule has 0 atom stereocenters. The number of nitrogens with zero attached hydrogens (tertiary/aromatic N) is 2. The average molecular weight is 924 g/mol. The third kappa shape index (κ3) is 5.66. The minimum absolute atomic E-state index is 0.121. The molecule has 0 saturated carbocycles. The van der Waals surface area contributed by atoms with E-state index in [0.717, 1.165) is 141 Å². The number of hydrogen-bond donors (Lipinski definition) is 0. The molecule has 0 unspecified atom stereocenters. The summed E-state index contributed by atoms with van der Waals surface area (Å²) >= 11 is 0. The van der Waals surface area contributed by atoms with Crippen LogP contribution in [-0.4, -0.2) is 20.1 Å². The monoisotopic (exact) mass is 924 g/mol. The number of fused-ring (bicyclic) bond motifs is 12. The number of anilines is 6. The fourth-order valence-corrected chi connectivity index (χ4v) is 12.6. The van der Waals surface area contributed by atoms with E-state index in [0.29, 0.717) is 0 Å². The summed E-state index contributed by atoms with van der Waals surface area (Å²) in [6.45, 7) is 3.85. The first kappa shape index (κ1) is 39.8. The number of rotatable bonds is 4. The molecule has 336 valence electrons. The lowest BCUT2D eigenvalue weighted by Crippen LogP contribution is -2.64. The van der Waals surface area contributed by atoms with Gasteiger partial charge in [0, 0.05) is 57.6 Å². The van der Waals surface area contributed by atoms with Gasteiger partial charge < -0.3 is 33.5 Å². The van der Waals surface area contributed by atoms with E-state index in [9.17, 15) is 0 Å². The highest BCUT2D eigenvalue weighted by Gasteiger charge is 2.48. The van der Waals surface area contributed by atoms with Crippen LogP contribution in [0.5, 0.6) is 57.5 Å². The van der Waals surface area contributed by atoms with E-state index in [1.807, 2.05) is 36.4 Å². The Kier molecular flexibility index (Phi) is 8.16. The highest BCUT2D eigenvalue weighted by atomic mass is 16.5. The van der Waals surface area contributed by atoms with Crippen LogP contribution in [0, 0.1) is 13.8 Å². The van der Waals surface area contributed by atoms with Crippen LogP contribution in [0.4, 0.5) is 34.1 Å². The molecule has 16 rings (SSSR count). The van der Waals surface area contributed by atoms with Crippen molar-refractivity contribution in [3.8, 4) is 57.5 Å². The molecule has 6 aliphatic rings. The predicted molar refractivity (Wildman–Crippen MR) is 292 cm³/mol. The molecule has 6 heterocycles. The molecule has 10 aromatic rings. The highest BCUT2D eigenvalue weighted by Crippen LogP contribution is 2.48. The number of ether oxygens (including phenoxy) is 5. The van der Waals surface area contributed by atoms with E-state index in [4.69, 9.17) is 23.7 Å². The van der Waals surface area contributed by atoms with Gasteiger partial charge in [0.15, 0.2) is 0 Å². The van der Waals surface area contributed by atoms with Gasteiger partial charge in [-0.05, 0) is 142 Å². The van der Waals surface area contributed by atoms with Crippen LogP contribution < -0.4 is 82.6 Å². The summed E-state index contributed by atoms with van der Waals surface area (Å²) in [7, 11) is 0. The Balaban J connectivity index is 0.999. The fourth-order valence-electron chi connectivity index (χ4n) is 12.6. The van der Waals surface area contributed by atoms with Crippen LogP contribution in [-0.2, 0) is 0 Å². The van der Waals surface area contributed by atoms with Gasteiger partial charge in [-0.3, -0.25) is 0 Å². The molecule has 10 heteroatoms. The zero-order valence-electron chi connectivity index (χ0n) is 39.2. The molecule has 0 amide bonds. The summed E-state index contributed by atoms with van der Waals surface area (Å²) in [5.41, 5.74) is 18.3. The van der Waals surface area contributed by atoms with Crippen LogP contribution in [0.3, 0.4) is 0 Å². The lowest BCUT2D eigenvalue weighted by atomic mass is 9.30. The van der Waals surface area contributed by atoms with Crippen molar-refractivity contribution in [2.24, 2.45) is 0 Å². The molecule has 0 aromatic heterocycles. The Bertz CT molecular complexity index is 3940. The summed E-state index contributed by atoms with van der Waals surface area (Å²) in [5.74, 6) is 8.05. The standard InChI is InChI=1S/C62H39B3N2O5/c1-36-27-37(2)29-40(28-36)67-48-34-56-45(63-42-19-9-11-21-50(42)68-52-23-13-25-54(70-56)61(52)63)32-44(48)65-47-33-46-57(71-55-26-14-24-53-62(55)64(46)43-20-10-12-22-51(43)69-53)35-58(47)72-59-31-41(30-49(67)60(59)65)66(38-15-5-3-6-16-38)39-17-7-4-8-18-39/h3-35H,1-2H3. The Morgan fingerprint density at radius 2 is 0.750 bits per heavy atom. The molecular formula is C62H39B3N2O5. The molecule has 0 radical (unpaired) electrons. The number of aryl methyl sites for hydroxylation is 2. The van der Waals surface area contributed by atoms with Gasteiger partial charge in [0.1, 0.15) is 57.5 Å². The van der Waals surface area contributed by atoms with Gasteiger partial charge in [-0.25, -0.2) is 0 Å². The summed E-state index contributed by atoms with van der Waals surface area (Å²) in [5, 5.41) is 0. The Morgan fingerprint density at radius 1 is 0.306 bits per heavy atom. The highest BCUT2D eigenvalue weighted by molar-refractivity contribution is 7.03. The van der Waals surface area contributed by atoms with Gasteiger partial charge in [0.2, 0.25) is 0 Å². The van der Waals surface area contributed by atoms with Crippen LogP contribution in [0.25, 0.3) is 0 Å². The van der Waals surface area contributed by atoms with Crippen molar-refractivity contribution in [1.82, 2.24) is 0 Å². The molecule has 10 aromatic carbocycles. The second-order valence-electron chi connectivity index (χ2n) is 19.7. The fraction of sp³-hybridized carbons (Fsp3) is 0.0323. The molecule has 6 aliphatic heterocycles. The third-order valence-electron chi connectivity index (χ3n) is 15.4. The minimum atomic E-state index is -0.263. The maximum atomic E-state index is 7.44. The second kappa shape index (κ2) is 14.8. The number of hydrogen-bond acceptors (Lipinski definition) is 7. The van der Waals surface area contributed by atoms with Gasteiger partial charge in [-0.1, -0.05) is 103 Å². The first-order valence-corrected chi connectivity index (χ1v) is 24.6. The maximum absolute atomic E-state index is 7.44. The van der Waals surface area contributed by atoms with Crippen molar-refractivity contribution in [3.63, 3.8) is 0 Å². The largest absolute Gasteiger partial charge is 0.458 e. The van der Waals surface area contributed by atoms with Crippen LogP contribution in [0.1, 0.15) is 11.1 Å². The molecule has 0 fully saturated rings. The molecule has 0 aliphatic carbocycles. The van der Waals surface area contributed by atoms with E-state index in [1.54, 1.807) is 0 Å². The van der Waals surface area contributed by atoms with E-state index in [-0.39, 0.29) is 20.1 Å². The molecule has 72 heavy (non-hydrogen) atoms. The zero-order chi connectivity index (χ0) is 47.3. The molecule has 0 saturated heterocycles. The van der Waals surface area contributed by atoms with Gasteiger partial charge >= 0.3 is 0 Å². The normalized spacial score (nSPS) is 13.9. The summed E-state index contributed by atoms with van der Waals surface area (Å²) < 4.78 is 34.7. The Hall–Kier alpha value is -9.01. The molecular weight excluding hydrogens is 885 g/mol. The Morgan fingerprint density at radius 3 is 1.31 bits per heavy atom. The van der Waals surface area contributed by atoms with Crippen LogP contribution in [0.2, 0.25) is 0 Å². The van der Waals surface area contributed by atoms with E-state index in [1.165, 1.54) is 11.1 Å². The number of benzene rings is 10. The third-order valence-corrected chi connectivity index (χ3v) is 15.4. The van der Waals surface area contributed by atoms with Crippen molar-refractivity contribution in [1.29, 1.82) is 0 Å². The maximum Gasteiger partial charge on any atom is 0.260 e. The molecule has 0 N–H and O–H groups in total. The first-order valence-electron chi connectivity index (χ1n) is 24.6. The van der Waals surface area contributed by atoms with E-state index < -0.39 is 0 Å². The summed E-state index contributed by atoms with van der Waals surface area (Å²) in [4.78, 5) is 4.77. The van der Waals surface area contributed by atoms with Gasteiger partial charge in [-0.2, -0.15) is 0 Å². The van der Waals surface area contributed by atoms with Crippen LogP contribution in [0.15, 0.2) is 200 Å². The van der Waals surface area contributed by atoms with Gasteiger partial charge in [-0.15, -0.1) is 0 Å². The van der Waals surface area contributed by atoms with Gasteiger partial charge in [0.25, 0.3) is 20.1 Å². The molecule has 0 spiro atoms. The van der Waals surface area contributed by atoms with Crippen molar-refractivity contribution in [2.45, 2.75) is 13.8 Å². The van der Waals surface area contributed by atoms with Crippen molar-refractivity contribution < 1.29 is 23.7 Å². The predicted octanol–water partition coefficient (Wildman–Crippen LogP) is 9.63. The van der Waals surface area contributed by atoms with Crippen molar-refractivity contribution in [3.05, 3.63) is 211 Å². The lowest BCUT2D eigenvalue weighted by Gasteiger charge is -2.43. The zero-order valence-corrected chi connectivity index (χ0v) is 39.2. The van der Waals surface area contributed by atoms with Crippen LogP contribution >= 0.6 is 0 Å². The summed E-state index contributed by atoms with van der Waals surface area (Å²) in [6, 6.07) is 70.9. The van der Waals surface area contributed by atoms with E-state index in [2.05, 4.69) is 187 Å². The SMILES string of the molecule is Cc1cc(C)cc(N2c3cc4c(cc3B3c5cc6c(cc5Oc5cc(N(c7ccccc7)c7ccccc7)cc2c53)Oc2cccc3c2B6c2ccccc2O3)B2c3ccccc3Oc3cccc(c32)O4)c1. The summed E-state index contributed by atoms with van der Waals surface area (Å²) in [6.07, 6.45) is 0. The quantitative estimate of drug-likeness (QED) is 0.163. The van der Waals surface area contributed by atoms with Crippen molar-refractivity contribution in [2.75, 3.05) is 9.80 Å². The van der Waals surface area contributed by atoms with Gasteiger partial charge in [0.05, 0.1) is 5.69 Å². The lowest BCUT2D eigenvalue weighted by molar-refractivity contribution is 0.456. The minimum Gasteiger partial charge on any atom is -0.458 e. The smallest absolute Gasteiger partial charge is 0.260 e. The molecule has 7 nitrogen and oxygen atoms in total. The van der Waals surface area contributed by atoms with E-state index >= 15 is 0 Å². The second-order valence-corrected chi connectivity index (χ2v) is 19.7. The number of para-hydroxylation sites is 4. The molecule has 0 bridgehead atoms. The average Bonchev–Trinajstić information content (AvgIpc) is 3.40.